The van der Waals surface area contributed by atoms with Crippen LogP contribution in [0.2, 0.25) is 5.02 Å². The molecule has 2 rings (SSSR count). The first-order chi connectivity index (χ1) is 7.70. The maximum absolute atomic E-state index is 13.1. The minimum absolute atomic E-state index is 0.0532. The van der Waals surface area contributed by atoms with Gasteiger partial charge in [0.25, 0.3) is 0 Å². The SMILES string of the molecule is O=Cc1cc(-c2cccc(Cl)c2)ccc1F. The normalized spacial score (nSPS) is 10.1. The molecular formula is C13H8ClFO. The Balaban J connectivity index is 2.52. The molecule has 0 aliphatic heterocycles. The van der Waals surface area contributed by atoms with Crippen LogP contribution in [0.5, 0.6) is 0 Å². The van der Waals surface area contributed by atoms with Crippen LogP contribution < -0.4 is 0 Å². The molecule has 0 saturated heterocycles. The molecule has 0 spiro atoms. The van der Waals surface area contributed by atoms with Gasteiger partial charge >= 0.3 is 0 Å². The van der Waals surface area contributed by atoms with Crippen molar-refractivity contribution in [2.75, 3.05) is 0 Å². The molecule has 16 heavy (non-hydrogen) atoms. The second kappa shape index (κ2) is 4.45. The monoisotopic (exact) mass is 234 g/mol. The number of rotatable bonds is 2. The summed E-state index contributed by atoms with van der Waals surface area (Å²) in [6.07, 6.45) is 0.503. The Morgan fingerprint density at radius 1 is 1.06 bits per heavy atom. The topological polar surface area (TPSA) is 17.1 Å². The minimum Gasteiger partial charge on any atom is -0.298 e. The number of benzene rings is 2. The molecule has 0 fully saturated rings. The fourth-order valence-electron chi connectivity index (χ4n) is 1.48. The molecule has 0 radical (unpaired) electrons. The Kier molecular flexibility index (Phi) is 3.02. The van der Waals surface area contributed by atoms with Crippen molar-refractivity contribution in [2.45, 2.75) is 0 Å². The Bertz CT molecular complexity index is 537. The third-order valence-corrected chi connectivity index (χ3v) is 2.52. The van der Waals surface area contributed by atoms with Gasteiger partial charge in [0.2, 0.25) is 0 Å². The van der Waals surface area contributed by atoms with Gasteiger partial charge in [-0.1, -0.05) is 29.8 Å². The maximum Gasteiger partial charge on any atom is 0.153 e. The van der Waals surface area contributed by atoms with Gasteiger partial charge in [-0.15, -0.1) is 0 Å². The van der Waals surface area contributed by atoms with Gasteiger partial charge in [-0.3, -0.25) is 4.79 Å². The van der Waals surface area contributed by atoms with Crippen LogP contribution in [-0.4, -0.2) is 6.29 Å². The second-order valence-corrected chi connectivity index (χ2v) is 3.80. The van der Waals surface area contributed by atoms with Gasteiger partial charge in [0.1, 0.15) is 5.82 Å². The number of hydrogen-bond donors (Lipinski definition) is 0. The highest BCUT2D eigenvalue weighted by atomic mass is 35.5. The average Bonchev–Trinajstić information content (AvgIpc) is 2.29. The van der Waals surface area contributed by atoms with Crippen molar-refractivity contribution < 1.29 is 9.18 Å². The van der Waals surface area contributed by atoms with Gasteiger partial charge in [-0.2, -0.15) is 0 Å². The molecule has 0 aromatic heterocycles. The fourth-order valence-corrected chi connectivity index (χ4v) is 1.67. The van der Waals surface area contributed by atoms with E-state index >= 15 is 0 Å². The predicted molar refractivity (Wildman–Crippen MR) is 62.2 cm³/mol. The number of hydrogen-bond acceptors (Lipinski definition) is 1. The van der Waals surface area contributed by atoms with Crippen LogP contribution in [0.1, 0.15) is 10.4 Å². The van der Waals surface area contributed by atoms with Crippen molar-refractivity contribution in [3.63, 3.8) is 0 Å². The van der Waals surface area contributed by atoms with Crippen molar-refractivity contribution in [3.05, 3.63) is 58.9 Å². The quantitative estimate of drug-likeness (QED) is 0.719. The summed E-state index contributed by atoms with van der Waals surface area (Å²) in [7, 11) is 0. The van der Waals surface area contributed by atoms with E-state index in [0.717, 1.165) is 11.1 Å². The maximum atomic E-state index is 13.1. The summed E-state index contributed by atoms with van der Waals surface area (Å²) in [4.78, 5) is 10.6. The Hall–Kier alpha value is -1.67. The average molecular weight is 235 g/mol. The second-order valence-electron chi connectivity index (χ2n) is 3.36. The number of carbonyl (C=O) groups excluding carboxylic acids is 1. The van der Waals surface area contributed by atoms with E-state index in [0.29, 0.717) is 11.3 Å². The van der Waals surface area contributed by atoms with E-state index in [1.807, 2.05) is 12.1 Å². The molecule has 0 saturated carbocycles. The molecule has 80 valence electrons. The lowest BCUT2D eigenvalue weighted by atomic mass is 10.0. The van der Waals surface area contributed by atoms with Gasteiger partial charge in [0.05, 0.1) is 5.56 Å². The highest BCUT2D eigenvalue weighted by Gasteiger charge is 2.04. The van der Waals surface area contributed by atoms with Crippen LogP contribution in [0.4, 0.5) is 4.39 Å². The van der Waals surface area contributed by atoms with E-state index in [1.54, 1.807) is 18.2 Å². The standard InChI is InChI=1S/C13H8ClFO/c14-12-3-1-2-9(7-12)10-4-5-13(15)11(6-10)8-16/h1-8H. The van der Waals surface area contributed by atoms with Gasteiger partial charge in [0.15, 0.2) is 6.29 Å². The highest BCUT2D eigenvalue weighted by Crippen LogP contribution is 2.24. The molecule has 0 amide bonds. The summed E-state index contributed by atoms with van der Waals surface area (Å²) in [5.41, 5.74) is 1.68. The van der Waals surface area contributed by atoms with Crippen LogP contribution in [0.3, 0.4) is 0 Å². The lowest BCUT2D eigenvalue weighted by Crippen LogP contribution is -1.88. The Morgan fingerprint density at radius 3 is 2.50 bits per heavy atom. The van der Waals surface area contributed by atoms with Crippen molar-refractivity contribution in [1.82, 2.24) is 0 Å². The van der Waals surface area contributed by atoms with Gasteiger partial charge < -0.3 is 0 Å². The van der Waals surface area contributed by atoms with Gasteiger partial charge in [0, 0.05) is 5.02 Å². The Morgan fingerprint density at radius 2 is 1.81 bits per heavy atom. The fraction of sp³-hybridized carbons (Fsp3) is 0. The van der Waals surface area contributed by atoms with Gasteiger partial charge in [-0.05, 0) is 35.4 Å². The summed E-state index contributed by atoms with van der Waals surface area (Å²) in [5.74, 6) is -0.513. The van der Waals surface area contributed by atoms with Crippen molar-refractivity contribution in [2.24, 2.45) is 0 Å². The minimum atomic E-state index is -0.513. The molecule has 0 N–H and O–H groups in total. The number of aldehydes is 1. The predicted octanol–water partition coefficient (Wildman–Crippen LogP) is 3.96. The largest absolute Gasteiger partial charge is 0.298 e. The van der Waals surface area contributed by atoms with E-state index < -0.39 is 5.82 Å². The zero-order chi connectivity index (χ0) is 11.5. The van der Waals surface area contributed by atoms with E-state index in [-0.39, 0.29) is 5.56 Å². The first-order valence-electron chi connectivity index (χ1n) is 4.71. The summed E-state index contributed by atoms with van der Waals surface area (Å²) in [5, 5.41) is 0.606. The molecule has 2 aromatic carbocycles. The lowest BCUT2D eigenvalue weighted by Gasteiger charge is -2.03. The smallest absolute Gasteiger partial charge is 0.153 e. The van der Waals surface area contributed by atoms with Crippen LogP contribution in [0.25, 0.3) is 11.1 Å². The van der Waals surface area contributed by atoms with Crippen molar-refractivity contribution in [3.8, 4) is 11.1 Å². The van der Waals surface area contributed by atoms with Crippen molar-refractivity contribution >= 4 is 17.9 Å². The zero-order valence-electron chi connectivity index (χ0n) is 8.28. The molecule has 0 aliphatic rings. The Labute approximate surface area is 97.5 Å². The molecule has 0 unspecified atom stereocenters. The molecule has 0 heterocycles. The van der Waals surface area contributed by atoms with Crippen molar-refractivity contribution in [1.29, 1.82) is 0 Å². The molecular weight excluding hydrogens is 227 g/mol. The molecule has 0 atom stereocenters. The molecule has 0 bridgehead atoms. The number of halogens is 2. The van der Waals surface area contributed by atoms with E-state index in [9.17, 15) is 9.18 Å². The molecule has 1 nitrogen and oxygen atoms in total. The first kappa shape index (κ1) is 10.8. The van der Waals surface area contributed by atoms with E-state index in [2.05, 4.69) is 0 Å². The lowest BCUT2D eigenvalue weighted by molar-refractivity contribution is 0.112. The summed E-state index contributed by atoms with van der Waals surface area (Å²) >= 11 is 5.86. The summed E-state index contributed by atoms with van der Waals surface area (Å²) < 4.78 is 13.1. The van der Waals surface area contributed by atoms with Crippen LogP contribution in [0.15, 0.2) is 42.5 Å². The molecule has 0 aliphatic carbocycles. The molecule has 2 aromatic rings. The summed E-state index contributed by atoms with van der Waals surface area (Å²) in [6, 6.07) is 11.6. The van der Waals surface area contributed by atoms with E-state index in [4.69, 9.17) is 11.6 Å². The van der Waals surface area contributed by atoms with Gasteiger partial charge in [-0.25, -0.2) is 4.39 Å². The third kappa shape index (κ3) is 2.12. The van der Waals surface area contributed by atoms with Crippen LogP contribution in [0, 0.1) is 5.82 Å². The van der Waals surface area contributed by atoms with E-state index in [1.165, 1.54) is 12.1 Å². The third-order valence-electron chi connectivity index (χ3n) is 2.28. The molecule has 3 heteroatoms. The van der Waals surface area contributed by atoms with Crippen LogP contribution >= 0.6 is 11.6 Å². The van der Waals surface area contributed by atoms with Crippen LogP contribution in [-0.2, 0) is 0 Å². The summed E-state index contributed by atoms with van der Waals surface area (Å²) in [6.45, 7) is 0. The zero-order valence-corrected chi connectivity index (χ0v) is 9.04. The number of carbonyl (C=O) groups is 1. The highest BCUT2D eigenvalue weighted by molar-refractivity contribution is 6.30. The first-order valence-corrected chi connectivity index (χ1v) is 5.09.